The number of nitriles is 1. The minimum absolute atomic E-state index is 0.736. The van der Waals surface area contributed by atoms with Crippen LogP contribution in [0.3, 0.4) is 0 Å². The number of para-hydroxylation sites is 1. The molecular weight excluding hydrogens is 196 g/mol. The second-order valence-electron chi connectivity index (χ2n) is 4.78. The maximum absolute atomic E-state index is 9.16. The minimum atomic E-state index is 0.736. The van der Waals surface area contributed by atoms with Crippen LogP contribution in [0.4, 0.5) is 5.69 Å². The summed E-state index contributed by atoms with van der Waals surface area (Å²) in [5, 5.41) is 9.16. The highest BCUT2D eigenvalue weighted by Gasteiger charge is 2.20. The van der Waals surface area contributed by atoms with Crippen molar-refractivity contribution in [3.05, 3.63) is 29.3 Å². The Bertz CT molecular complexity index is 417. The molecule has 0 saturated carbocycles. The first-order valence-electron chi connectivity index (χ1n) is 5.97. The summed E-state index contributed by atoms with van der Waals surface area (Å²) in [7, 11) is 0. The van der Waals surface area contributed by atoms with Crippen molar-refractivity contribution >= 4 is 5.69 Å². The average molecular weight is 214 g/mol. The zero-order valence-electron chi connectivity index (χ0n) is 10.0. The largest absolute Gasteiger partial charge is 0.370 e. The predicted molar refractivity (Wildman–Crippen MR) is 66.5 cm³/mol. The van der Waals surface area contributed by atoms with Crippen molar-refractivity contribution in [3.8, 4) is 6.07 Å². The Balaban J connectivity index is 2.35. The van der Waals surface area contributed by atoms with E-state index in [0.29, 0.717) is 0 Å². The molecule has 2 nitrogen and oxygen atoms in total. The van der Waals surface area contributed by atoms with Gasteiger partial charge in [-0.3, -0.25) is 0 Å². The number of rotatable bonds is 1. The fraction of sp³-hybridized carbons (Fsp3) is 0.500. The Labute approximate surface area is 97.5 Å². The molecular formula is C14H18N2. The van der Waals surface area contributed by atoms with Crippen LogP contribution in [0.5, 0.6) is 0 Å². The molecule has 1 atom stereocenters. The Hall–Kier alpha value is -1.49. The molecule has 1 aliphatic rings. The normalized spacial score (nSPS) is 20.6. The van der Waals surface area contributed by atoms with Gasteiger partial charge in [0.05, 0.1) is 11.3 Å². The molecule has 1 aliphatic heterocycles. The standard InChI is InChI=1S/C14H18N2/c1-11-5-4-8-16(10-11)14-12(2)6-3-7-13(14)9-15/h3,6-7,11H,4-5,8,10H2,1-2H3. The molecule has 1 aromatic rings. The summed E-state index contributed by atoms with van der Waals surface area (Å²) in [6.07, 6.45) is 2.55. The van der Waals surface area contributed by atoms with Crippen LogP contribution in [-0.4, -0.2) is 13.1 Å². The van der Waals surface area contributed by atoms with Gasteiger partial charge in [0.15, 0.2) is 0 Å². The molecule has 1 heterocycles. The van der Waals surface area contributed by atoms with Gasteiger partial charge in [-0.2, -0.15) is 5.26 Å². The zero-order valence-corrected chi connectivity index (χ0v) is 10.0. The van der Waals surface area contributed by atoms with Gasteiger partial charge in [-0.15, -0.1) is 0 Å². The molecule has 84 valence electrons. The van der Waals surface area contributed by atoms with Crippen molar-refractivity contribution in [2.24, 2.45) is 5.92 Å². The lowest BCUT2D eigenvalue weighted by Gasteiger charge is -2.34. The maximum Gasteiger partial charge on any atom is 0.101 e. The number of aryl methyl sites for hydroxylation is 1. The quantitative estimate of drug-likeness (QED) is 0.718. The summed E-state index contributed by atoms with van der Waals surface area (Å²) in [5.74, 6) is 0.736. The lowest BCUT2D eigenvalue weighted by molar-refractivity contribution is 0.446. The molecule has 0 N–H and O–H groups in total. The van der Waals surface area contributed by atoms with E-state index in [9.17, 15) is 0 Å². The van der Waals surface area contributed by atoms with Crippen LogP contribution in [0.15, 0.2) is 18.2 Å². The fourth-order valence-electron chi connectivity index (χ4n) is 2.56. The molecule has 0 aromatic heterocycles. The van der Waals surface area contributed by atoms with E-state index in [1.807, 2.05) is 12.1 Å². The molecule has 1 saturated heterocycles. The summed E-state index contributed by atoms with van der Waals surface area (Å²) in [5.41, 5.74) is 3.18. The van der Waals surface area contributed by atoms with E-state index >= 15 is 0 Å². The van der Waals surface area contributed by atoms with Crippen LogP contribution < -0.4 is 4.90 Å². The maximum atomic E-state index is 9.16. The van der Waals surface area contributed by atoms with Crippen LogP contribution in [0, 0.1) is 24.2 Å². The first-order chi connectivity index (χ1) is 7.72. The Morgan fingerprint density at radius 1 is 1.44 bits per heavy atom. The van der Waals surface area contributed by atoms with Gasteiger partial charge in [-0.1, -0.05) is 19.1 Å². The van der Waals surface area contributed by atoms with E-state index in [1.165, 1.54) is 18.4 Å². The molecule has 0 amide bonds. The number of hydrogen-bond donors (Lipinski definition) is 0. The molecule has 16 heavy (non-hydrogen) atoms. The predicted octanol–water partition coefficient (Wildman–Crippen LogP) is 3.10. The summed E-state index contributed by atoms with van der Waals surface area (Å²) in [6.45, 7) is 6.55. The van der Waals surface area contributed by atoms with Gasteiger partial charge in [0.25, 0.3) is 0 Å². The molecule has 1 fully saturated rings. The monoisotopic (exact) mass is 214 g/mol. The molecule has 0 radical (unpaired) electrons. The molecule has 0 aliphatic carbocycles. The van der Waals surface area contributed by atoms with E-state index in [1.54, 1.807) is 0 Å². The van der Waals surface area contributed by atoms with Crippen LogP contribution in [-0.2, 0) is 0 Å². The second-order valence-corrected chi connectivity index (χ2v) is 4.78. The average Bonchev–Trinajstić information content (AvgIpc) is 2.28. The Morgan fingerprint density at radius 2 is 2.25 bits per heavy atom. The van der Waals surface area contributed by atoms with E-state index < -0.39 is 0 Å². The Kier molecular flexibility index (Phi) is 3.14. The lowest BCUT2D eigenvalue weighted by Crippen LogP contribution is -2.35. The fourth-order valence-corrected chi connectivity index (χ4v) is 2.56. The van der Waals surface area contributed by atoms with E-state index in [-0.39, 0.29) is 0 Å². The topological polar surface area (TPSA) is 27.0 Å². The highest BCUT2D eigenvalue weighted by atomic mass is 15.1. The molecule has 1 aromatic carbocycles. The van der Waals surface area contributed by atoms with Crippen molar-refractivity contribution in [2.45, 2.75) is 26.7 Å². The molecule has 2 rings (SSSR count). The van der Waals surface area contributed by atoms with Crippen LogP contribution in [0.2, 0.25) is 0 Å². The van der Waals surface area contributed by atoms with Crippen molar-refractivity contribution in [3.63, 3.8) is 0 Å². The number of anilines is 1. The molecule has 2 heteroatoms. The summed E-state index contributed by atoms with van der Waals surface area (Å²) in [6, 6.07) is 8.28. The number of hydrogen-bond acceptors (Lipinski definition) is 2. The lowest BCUT2D eigenvalue weighted by atomic mass is 9.97. The van der Waals surface area contributed by atoms with Gasteiger partial charge < -0.3 is 4.90 Å². The van der Waals surface area contributed by atoms with Crippen molar-refractivity contribution in [2.75, 3.05) is 18.0 Å². The summed E-state index contributed by atoms with van der Waals surface area (Å²) < 4.78 is 0. The molecule has 0 spiro atoms. The highest BCUT2D eigenvalue weighted by Crippen LogP contribution is 2.28. The van der Waals surface area contributed by atoms with Crippen LogP contribution in [0.25, 0.3) is 0 Å². The smallest absolute Gasteiger partial charge is 0.101 e. The first kappa shape index (κ1) is 11.0. The second kappa shape index (κ2) is 4.57. The van der Waals surface area contributed by atoms with Crippen molar-refractivity contribution in [1.29, 1.82) is 5.26 Å². The third kappa shape index (κ3) is 2.04. The van der Waals surface area contributed by atoms with Gasteiger partial charge in [0.1, 0.15) is 6.07 Å². The third-order valence-corrected chi connectivity index (χ3v) is 3.33. The van der Waals surface area contributed by atoms with E-state index in [0.717, 1.165) is 30.3 Å². The van der Waals surface area contributed by atoms with Crippen molar-refractivity contribution in [1.82, 2.24) is 0 Å². The third-order valence-electron chi connectivity index (χ3n) is 3.33. The van der Waals surface area contributed by atoms with Gasteiger partial charge in [-0.25, -0.2) is 0 Å². The number of benzene rings is 1. The minimum Gasteiger partial charge on any atom is -0.370 e. The van der Waals surface area contributed by atoms with Gasteiger partial charge in [0.2, 0.25) is 0 Å². The highest BCUT2D eigenvalue weighted by molar-refractivity contribution is 5.64. The van der Waals surface area contributed by atoms with E-state index in [4.69, 9.17) is 5.26 Å². The van der Waals surface area contributed by atoms with Gasteiger partial charge in [-0.05, 0) is 37.3 Å². The number of nitrogens with zero attached hydrogens (tertiary/aromatic N) is 2. The first-order valence-corrected chi connectivity index (χ1v) is 5.97. The summed E-state index contributed by atoms with van der Waals surface area (Å²) >= 11 is 0. The van der Waals surface area contributed by atoms with Gasteiger partial charge >= 0.3 is 0 Å². The molecule has 0 bridgehead atoms. The molecule has 1 unspecified atom stereocenters. The zero-order chi connectivity index (χ0) is 11.5. The van der Waals surface area contributed by atoms with Crippen LogP contribution in [0.1, 0.15) is 30.9 Å². The SMILES string of the molecule is Cc1cccc(C#N)c1N1CCCC(C)C1. The van der Waals surface area contributed by atoms with Crippen LogP contribution >= 0.6 is 0 Å². The summed E-state index contributed by atoms with van der Waals surface area (Å²) in [4.78, 5) is 2.38. The van der Waals surface area contributed by atoms with E-state index in [2.05, 4.69) is 30.9 Å². The number of piperidine rings is 1. The van der Waals surface area contributed by atoms with Crippen molar-refractivity contribution < 1.29 is 0 Å². The van der Waals surface area contributed by atoms with Gasteiger partial charge in [0, 0.05) is 13.1 Å². The Morgan fingerprint density at radius 3 is 2.94 bits per heavy atom.